The highest BCUT2D eigenvalue weighted by Crippen LogP contribution is 2.29. The zero-order valence-corrected chi connectivity index (χ0v) is 17.1. The predicted octanol–water partition coefficient (Wildman–Crippen LogP) is 3.16. The summed E-state index contributed by atoms with van der Waals surface area (Å²) in [5.74, 6) is -0.880. The lowest BCUT2D eigenvalue weighted by Crippen LogP contribution is -2.16. The summed E-state index contributed by atoms with van der Waals surface area (Å²) in [6.45, 7) is 0. The highest BCUT2D eigenvalue weighted by molar-refractivity contribution is 6.00. The highest BCUT2D eigenvalue weighted by atomic mass is 19.1. The molecule has 10 nitrogen and oxygen atoms in total. The van der Waals surface area contributed by atoms with Crippen LogP contribution < -0.4 is 25.8 Å². The van der Waals surface area contributed by atoms with E-state index < -0.39 is 11.7 Å². The second kappa shape index (κ2) is 8.68. The SMILES string of the molecule is COc1cc(Nc2ncc(F)c(Nc3cc4ccccc4nc3C(N)=O)n2)cnc1OC. The molecule has 3 heterocycles. The van der Waals surface area contributed by atoms with Crippen molar-refractivity contribution in [2.24, 2.45) is 5.73 Å². The van der Waals surface area contributed by atoms with Gasteiger partial charge in [-0.3, -0.25) is 4.79 Å². The molecular weight excluding hydrogens is 417 g/mol. The van der Waals surface area contributed by atoms with E-state index in [1.165, 1.54) is 20.4 Å². The van der Waals surface area contributed by atoms with Gasteiger partial charge in [-0.25, -0.2) is 19.3 Å². The number of ether oxygens (including phenoxy) is 2. The Labute approximate surface area is 181 Å². The number of hydrogen-bond acceptors (Lipinski definition) is 9. The molecule has 3 aromatic heterocycles. The van der Waals surface area contributed by atoms with Gasteiger partial charge in [0.15, 0.2) is 23.1 Å². The number of primary amides is 1. The normalized spacial score (nSPS) is 10.6. The lowest BCUT2D eigenvalue weighted by Gasteiger charge is -2.13. The van der Waals surface area contributed by atoms with E-state index in [1.54, 1.807) is 24.3 Å². The Morgan fingerprint density at radius 2 is 1.84 bits per heavy atom. The number of rotatable bonds is 7. The predicted molar refractivity (Wildman–Crippen MR) is 116 cm³/mol. The molecule has 0 spiro atoms. The molecule has 0 unspecified atom stereocenters. The average molecular weight is 435 g/mol. The molecule has 1 amide bonds. The molecule has 1 aromatic carbocycles. The first-order valence-electron chi connectivity index (χ1n) is 9.32. The number of halogens is 1. The van der Waals surface area contributed by atoms with Crippen LogP contribution in [0.5, 0.6) is 11.6 Å². The Bertz CT molecular complexity index is 1320. The molecule has 0 aliphatic carbocycles. The first-order valence-corrected chi connectivity index (χ1v) is 9.32. The summed E-state index contributed by atoms with van der Waals surface area (Å²) >= 11 is 0. The maximum absolute atomic E-state index is 14.5. The molecule has 0 fully saturated rings. The molecule has 162 valence electrons. The number of aromatic nitrogens is 4. The molecule has 0 atom stereocenters. The largest absolute Gasteiger partial charge is 0.491 e. The smallest absolute Gasteiger partial charge is 0.269 e. The Hall–Kier alpha value is -4.54. The zero-order chi connectivity index (χ0) is 22.7. The van der Waals surface area contributed by atoms with Gasteiger partial charge in [-0.05, 0) is 12.1 Å². The number of benzene rings is 1. The monoisotopic (exact) mass is 435 g/mol. The fourth-order valence-electron chi connectivity index (χ4n) is 2.97. The maximum atomic E-state index is 14.5. The number of methoxy groups -OCH3 is 2. The second-order valence-corrected chi connectivity index (χ2v) is 6.52. The quantitative estimate of drug-likeness (QED) is 0.400. The van der Waals surface area contributed by atoms with E-state index in [4.69, 9.17) is 15.2 Å². The standard InChI is InChI=1S/C21H18FN7O3/c1-31-16-8-12(9-24-20(16)32-2)26-21-25-10-13(22)19(29-21)28-15-7-11-5-3-4-6-14(11)27-17(15)18(23)30/h3-10H,1-2H3,(H2,23,30)(H2,25,26,28,29). The topological polar surface area (TPSA) is 137 Å². The van der Waals surface area contributed by atoms with Gasteiger partial charge >= 0.3 is 0 Å². The van der Waals surface area contributed by atoms with Crippen LogP contribution >= 0.6 is 0 Å². The van der Waals surface area contributed by atoms with Crippen LogP contribution in [0.4, 0.5) is 27.5 Å². The number of nitrogens with one attached hydrogen (secondary N) is 2. The van der Waals surface area contributed by atoms with E-state index in [2.05, 4.69) is 30.6 Å². The van der Waals surface area contributed by atoms with Gasteiger partial charge in [0.2, 0.25) is 5.95 Å². The van der Waals surface area contributed by atoms with Crippen molar-refractivity contribution >= 4 is 40.0 Å². The molecule has 4 rings (SSSR count). The third-order valence-corrected chi connectivity index (χ3v) is 4.44. The number of pyridine rings is 2. The highest BCUT2D eigenvalue weighted by Gasteiger charge is 2.16. The molecule has 0 saturated heterocycles. The molecule has 0 aliphatic rings. The molecule has 32 heavy (non-hydrogen) atoms. The van der Waals surface area contributed by atoms with Crippen LogP contribution in [0, 0.1) is 5.82 Å². The van der Waals surface area contributed by atoms with Gasteiger partial charge in [0.05, 0.1) is 43.5 Å². The van der Waals surface area contributed by atoms with Crippen molar-refractivity contribution < 1.29 is 18.7 Å². The lowest BCUT2D eigenvalue weighted by molar-refractivity contribution is 0.0997. The van der Waals surface area contributed by atoms with Crippen molar-refractivity contribution in [1.82, 2.24) is 19.9 Å². The molecule has 0 radical (unpaired) electrons. The number of para-hydroxylation sites is 1. The van der Waals surface area contributed by atoms with E-state index in [1.807, 2.05) is 12.1 Å². The van der Waals surface area contributed by atoms with Crippen molar-refractivity contribution in [3.63, 3.8) is 0 Å². The Balaban J connectivity index is 1.67. The van der Waals surface area contributed by atoms with Crippen molar-refractivity contribution in [3.8, 4) is 11.6 Å². The van der Waals surface area contributed by atoms with Crippen LogP contribution in [0.2, 0.25) is 0 Å². The van der Waals surface area contributed by atoms with Crippen LogP contribution in [0.25, 0.3) is 10.9 Å². The van der Waals surface area contributed by atoms with E-state index in [0.29, 0.717) is 22.8 Å². The number of carbonyl (C=O) groups excluding carboxylic acids is 1. The van der Waals surface area contributed by atoms with Gasteiger partial charge < -0.3 is 25.8 Å². The van der Waals surface area contributed by atoms with Gasteiger partial charge in [-0.1, -0.05) is 18.2 Å². The molecule has 4 N–H and O–H groups in total. The van der Waals surface area contributed by atoms with Crippen LogP contribution in [0.15, 0.2) is 48.8 Å². The van der Waals surface area contributed by atoms with Crippen molar-refractivity contribution in [2.45, 2.75) is 0 Å². The van der Waals surface area contributed by atoms with Gasteiger partial charge in [0.1, 0.15) is 0 Å². The maximum Gasteiger partial charge on any atom is 0.269 e. The van der Waals surface area contributed by atoms with Crippen molar-refractivity contribution in [1.29, 1.82) is 0 Å². The third kappa shape index (κ3) is 4.17. The second-order valence-electron chi connectivity index (χ2n) is 6.52. The Kier molecular flexibility index (Phi) is 5.62. The van der Waals surface area contributed by atoms with Gasteiger partial charge in [-0.15, -0.1) is 0 Å². The zero-order valence-electron chi connectivity index (χ0n) is 17.1. The summed E-state index contributed by atoms with van der Waals surface area (Å²) < 4.78 is 24.8. The summed E-state index contributed by atoms with van der Waals surface area (Å²) in [5, 5.41) is 6.45. The minimum Gasteiger partial charge on any atom is -0.491 e. The molecule has 0 bridgehead atoms. The van der Waals surface area contributed by atoms with Gasteiger partial charge in [0, 0.05) is 11.5 Å². The van der Waals surface area contributed by atoms with Crippen LogP contribution in [-0.2, 0) is 0 Å². The summed E-state index contributed by atoms with van der Waals surface area (Å²) in [7, 11) is 2.95. The minimum atomic E-state index is -0.762. The van der Waals surface area contributed by atoms with Crippen molar-refractivity contribution in [3.05, 3.63) is 60.3 Å². The van der Waals surface area contributed by atoms with E-state index in [9.17, 15) is 9.18 Å². The molecule has 0 aliphatic heterocycles. The fourth-order valence-corrected chi connectivity index (χ4v) is 2.97. The number of nitrogens with zero attached hydrogens (tertiary/aromatic N) is 4. The number of carbonyl (C=O) groups is 1. The van der Waals surface area contributed by atoms with Crippen molar-refractivity contribution in [2.75, 3.05) is 24.9 Å². The van der Waals surface area contributed by atoms with Crippen LogP contribution in [0.3, 0.4) is 0 Å². The lowest BCUT2D eigenvalue weighted by atomic mass is 10.1. The Morgan fingerprint density at radius 3 is 2.59 bits per heavy atom. The van der Waals surface area contributed by atoms with E-state index >= 15 is 0 Å². The summed E-state index contributed by atoms with van der Waals surface area (Å²) in [6, 6.07) is 10.4. The number of amides is 1. The summed E-state index contributed by atoms with van der Waals surface area (Å²) in [6.07, 6.45) is 2.48. The number of fused-ring (bicyclic) bond motifs is 1. The number of hydrogen-bond donors (Lipinski definition) is 3. The van der Waals surface area contributed by atoms with E-state index in [0.717, 1.165) is 11.6 Å². The molecule has 4 aromatic rings. The first kappa shape index (κ1) is 20.7. The minimum absolute atomic E-state index is 0.0414. The summed E-state index contributed by atoms with van der Waals surface area (Å²) in [5.41, 5.74) is 6.72. The average Bonchev–Trinajstić information content (AvgIpc) is 2.80. The number of nitrogens with two attached hydrogens (primary N) is 1. The van der Waals surface area contributed by atoms with Gasteiger partial charge in [0.25, 0.3) is 11.8 Å². The molecule has 0 saturated carbocycles. The fraction of sp³-hybridized carbons (Fsp3) is 0.0952. The van der Waals surface area contributed by atoms with Gasteiger partial charge in [-0.2, -0.15) is 4.98 Å². The summed E-state index contributed by atoms with van der Waals surface area (Å²) in [4.78, 5) is 28.4. The molecule has 11 heteroatoms. The number of anilines is 4. The third-order valence-electron chi connectivity index (χ3n) is 4.44. The molecular formula is C21H18FN7O3. The van der Waals surface area contributed by atoms with E-state index in [-0.39, 0.29) is 23.1 Å². The Morgan fingerprint density at radius 1 is 1.03 bits per heavy atom. The van der Waals surface area contributed by atoms with Crippen LogP contribution in [-0.4, -0.2) is 40.1 Å². The van der Waals surface area contributed by atoms with Crippen LogP contribution in [0.1, 0.15) is 10.5 Å². The first-order chi connectivity index (χ1) is 15.5.